The van der Waals surface area contributed by atoms with Gasteiger partial charge in [-0.05, 0) is 12.8 Å². The van der Waals surface area contributed by atoms with Gasteiger partial charge in [0, 0.05) is 26.1 Å². The van der Waals surface area contributed by atoms with Crippen LogP contribution in [-0.2, 0) is 23.7 Å². The molecule has 0 aliphatic rings. The minimum Gasteiger partial charge on any atom is -0.447 e. The number of carbonyl (C=O) groups is 2. The summed E-state index contributed by atoms with van der Waals surface area (Å²) < 4.78 is 20.7. The summed E-state index contributed by atoms with van der Waals surface area (Å²) in [6, 6.07) is 0. The standard InChI is InChI=1S/C16H32N2O6/c1-3-6-18-16(20)24-14-13-22-9-5-15(19)17-7-10-23-12-11-21-8-4-2/h3-14H2,1-2H3,(H,17,19)(H,18,20). The van der Waals surface area contributed by atoms with Crippen LogP contribution in [0.3, 0.4) is 0 Å². The van der Waals surface area contributed by atoms with Crippen LogP contribution in [0.25, 0.3) is 0 Å². The Bertz CT molecular complexity index is 315. The second-order valence-electron chi connectivity index (χ2n) is 5.00. The summed E-state index contributed by atoms with van der Waals surface area (Å²) in [5, 5.41) is 5.33. The van der Waals surface area contributed by atoms with E-state index < -0.39 is 6.09 Å². The molecule has 0 unspecified atom stereocenters. The number of ether oxygens (including phenoxy) is 4. The fourth-order valence-corrected chi connectivity index (χ4v) is 1.56. The molecule has 0 aliphatic carbocycles. The molecule has 0 atom stereocenters. The van der Waals surface area contributed by atoms with E-state index in [2.05, 4.69) is 17.6 Å². The number of hydrogen-bond donors (Lipinski definition) is 2. The zero-order chi connectivity index (χ0) is 17.9. The van der Waals surface area contributed by atoms with Crippen LogP contribution >= 0.6 is 0 Å². The third kappa shape index (κ3) is 17.0. The molecule has 0 heterocycles. The molecule has 0 fully saturated rings. The van der Waals surface area contributed by atoms with Crippen molar-refractivity contribution in [3.8, 4) is 0 Å². The lowest BCUT2D eigenvalue weighted by molar-refractivity contribution is -0.122. The summed E-state index contributed by atoms with van der Waals surface area (Å²) in [6.45, 7) is 8.12. The van der Waals surface area contributed by atoms with Crippen molar-refractivity contribution < 1.29 is 28.5 Å². The van der Waals surface area contributed by atoms with Gasteiger partial charge in [-0.3, -0.25) is 4.79 Å². The van der Waals surface area contributed by atoms with Gasteiger partial charge in [-0.25, -0.2) is 4.79 Å². The first kappa shape index (κ1) is 22.6. The summed E-state index contributed by atoms with van der Waals surface area (Å²) in [7, 11) is 0. The SMILES string of the molecule is CCCNC(=O)OCCOCCC(=O)NCCOCCOCCC. The van der Waals surface area contributed by atoms with Gasteiger partial charge >= 0.3 is 6.09 Å². The van der Waals surface area contributed by atoms with E-state index in [4.69, 9.17) is 18.9 Å². The fourth-order valence-electron chi connectivity index (χ4n) is 1.56. The van der Waals surface area contributed by atoms with E-state index in [0.29, 0.717) is 32.9 Å². The van der Waals surface area contributed by atoms with Crippen LogP contribution in [-0.4, -0.2) is 71.3 Å². The fraction of sp³-hybridized carbons (Fsp3) is 0.875. The lowest BCUT2D eigenvalue weighted by Gasteiger charge is -2.08. The molecule has 2 N–H and O–H groups in total. The molecule has 0 rings (SSSR count). The first-order valence-corrected chi connectivity index (χ1v) is 8.61. The Hall–Kier alpha value is -1.38. The van der Waals surface area contributed by atoms with Crippen LogP contribution in [0, 0.1) is 0 Å². The molecule has 0 aromatic heterocycles. The Morgan fingerprint density at radius 2 is 1.38 bits per heavy atom. The summed E-state index contributed by atoms with van der Waals surface area (Å²) >= 11 is 0. The van der Waals surface area contributed by atoms with Crippen LogP contribution in [0.2, 0.25) is 0 Å². The smallest absolute Gasteiger partial charge is 0.407 e. The van der Waals surface area contributed by atoms with Gasteiger partial charge < -0.3 is 29.6 Å². The molecule has 0 saturated heterocycles. The van der Waals surface area contributed by atoms with Crippen molar-refractivity contribution in [3.05, 3.63) is 0 Å². The Labute approximate surface area is 144 Å². The van der Waals surface area contributed by atoms with Gasteiger partial charge in [-0.2, -0.15) is 0 Å². The topological polar surface area (TPSA) is 95.1 Å². The van der Waals surface area contributed by atoms with E-state index in [9.17, 15) is 9.59 Å². The molecule has 0 spiro atoms. The first-order chi connectivity index (χ1) is 11.7. The highest BCUT2D eigenvalue weighted by atomic mass is 16.6. The minimum absolute atomic E-state index is 0.0950. The van der Waals surface area contributed by atoms with Crippen molar-refractivity contribution in [1.82, 2.24) is 10.6 Å². The Kier molecular flexibility index (Phi) is 16.9. The van der Waals surface area contributed by atoms with Crippen molar-refractivity contribution in [2.75, 3.05) is 59.3 Å². The highest BCUT2D eigenvalue weighted by Gasteiger charge is 2.02. The number of hydrogen-bond acceptors (Lipinski definition) is 6. The number of carbonyl (C=O) groups excluding carboxylic acids is 2. The van der Waals surface area contributed by atoms with Crippen molar-refractivity contribution >= 4 is 12.0 Å². The summed E-state index contributed by atoms with van der Waals surface area (Å²) in [5.74, 6) is -0.0950. The highest BCUT2D eigenvalue weighted by Crippen LogP contribution is 1.86. The molecular formula is C16H32N2O6. The molecule has 24 heavy (non-hydrogen) atoms. The van der Waals surface area contributed by atoms with Crippen LogP contribution in [0.1, 0.15) is 33.1 Å². The highest BCUT2D eigenvalue weighted by molar-refractivity contribution is 5.75. The van der Waals surface area contributed by atoms with Crippen molar-refractivity contribution in [2.24, 2.45) is 0 Å². The Balaban J connectivity index is 3.25. The zero-order valence-corrected chi connectivity index (χ0v) is 14.9. The average Bonchev–Trinajstić information content (AvgIpc) is 2.58. The second-order valence-corrected chi connectivity index (χ2v) is 5.00. The van der Waals surface area contributed by atoms with Crippen molar-refractivity contribution in [1.29, 1.82) is 0 Å². The number of nitrogens with one attached hydrogen (secondary N) is 2. The lowest BCUT2D eigenvalue weighted by atomic mass is 10.4. The van der Waals surface area contributed by atoms with Crippen LogP contribution < -0.4 is 10.6 Å². The van der Waals surface area contributed by atoms with Crippen molar-refractivity contribution in [2.45, 2.75) is 33.1 Å². The molecule has 0 saturated carbocycles. The van der Waals surface area contributed by atoms with E-state index >= 15 is 0 Å². The van der Waals surface area contributed by atoms with Gasteiger partial charge in [-0.15, -0.1) is 0 Å². The molecule has 8 nitrogen and oxygen atoms in total. The largest absolute Gasteiger partial charge is 0.447 e. The monoisotopic (exact) mass is 348 g/mol. The van der Waals surface area contributed by atoms with Crippen LogP contribution in [0.15, 0.2) is 0 Å². The van der Waals surface area contributed by atoms with E-state index in [1.54, 1.807) is 0 Å². The summed E-state index contributed by atoms with van der Waals surface area (Å²) in [4.78, 5) is 22.6. The lowest BCUT2D eigenvalue weighted by Crippen LogP contribution is -2.29. The molecule has 0 aliphatic heterocycles. The van der Waals surface area contributed by atoms with Gasteiger partial charge in [-0.1, -0.05) is 13.8 Å². The molecule has 0 aromatic rings. The molecule has 0 aromatic carbocycles. The van der Waals surface area contributed by atoms with Gasteiger partial charge in [0.15, 0.2) is 0 Å². The molecule has 0 bridgehead atoms. The molecule has 0 radical (unpaired) electrons. The normalized spacial score (nSPS) is 10.4. The zero-order valence-electron chi connectivity index (χ0n) is 14.9. The number of rotatable bonds is 16. The predicted octanol–water partition coefficient (Wildman–Crippen LogP) is 1.09. The maximum absolute atomic E-state index is 11.5. The summed E-state index contributed by atoms with van der Waals surface area (Å²) in [5.41, 5.74) is 0. The Morgan fingerprint density at radius 3 is 2.08 bits per heavy atom. The average molecular weight is 348 g/mol. The van der Waals surface area contributed by atoms with Gasteiger partial charge in [0.25, 0.3) is 0 Å². The quantitative estimate of drug-likeness (QED) is 0.406. The van der Waals surface area contributed by atoms with Crippen molar-refractivity contribution in [3.63, 3.8) is 0 Å². The molecule has 8 heteroatoms. The van der Waals surface area contributed by atoms with Gasteiger partial charge in [0.1, 0.15) is 6.61 Å². The number of amides is 2. The van der Waals surface area contributed by atoms with Gasteiger partial charge in [0.05, 0.1) is 33.0 Å². The van der Waals surface area contributed by atoms with E-state index in [0.717, 1.165) is 19.4 Å². The Morgan fingerprint density at radius 1 is 0.708 bits per heavy atom. The third-order valence-electron chi connectivity index (χ3n) is 2.74. The van der Waals surface area contributed by atoms with E-state index in [1.807, 2.05) is 6.92 Å². The van der Waals surface area contributed by atoms with Gasteiger partial charge in [0.2, 0.25) is 5.91 Å². The number of alkyl carbamates (subject to hydrolysis) is 1. The third-order valence-corrected chi connectivity index (χ3v) is 2.74. The maximum Gasteiger partial charge on any atom is 0.407 e. The molecule has 142 valence electrons. The van der Waals surface area contributed by atoms with E-state index in [1.165, 1.54) is 0 Å². The second kappa shape index (κ2) is 18.0. The molecular weight excluding hydrogens is 316 g/mol. The minimum atomic E-state index is -0.446. The predicted molar refractivity (Wildman–Crippen MR) is 90.0 cm³/mol. The van der Waals surface area contributed by atoms with Crippen LogP contribution in [0.4, 0.5) is 4.79 Å². The molecule has 2 amide bonds. The van der Waals surface area contributed by atoms with E-state index in [-0.39, 0.29) is 32.1 Å². The maximum atomic E-state index is 11.5. The summed E-state index contributed by atoms with van der Waals surface area (Å²) in [6.07, 6.45) is 1.68. The first-order valence-electron chi connectivity index (χ1n) is 8.61. The van der Waals surface area contributed by atoms with Crippen LogP contribution in [0.5, 0.6) is 0 Å².